The van der Waals surface area contributed by atoms with Crippen LogP contribution >= 0.6 is 27.3 Å². The van der Waals surface area contributed by atoms with Crippen LogP contribution in [0, 0.1) is 0 Å². The van der Waals surface area contributed by atoms with Gasteiger partial charge in [-0.05, 0) is 30.3 Å². The van der Waals surface area contributed by atoms with Crippen molar-refractivity contribution in [2.24, 2.45) is 0 Å². The van der Waals surface area contributed by atoms with E-state index in [1.165, 1.54) is 11.3 Å². The number of nitrogens with zero attached hydrogens (tertiary/aromatic N) is 2. The van der Waals surface area contributed by atoms with Crippen LogP contribution in [0.5, 0.6) is 0 Å². The lowest BCUT2D eigenvalue weighted by Crippen LogP contribution is -2.17. The van der Waals surface area contributed by atoms with Crippen molar-refractivity contribution in [3.63, 3.8) is 0 Å². The Morgan fingerprint density at radius 2 is 1.81 bits per heavy atom. The second-order valence-corrected chi connectivity index (χ2v) is 6.64. The molecule has 0 saturated heterocycles. The van der Waals surface area contributed by atoms with Crippen molar-refractivity contribution in [3.8, 4) is 5.69 Å². The molecule has 5 heteroatoms. The molecule has 0 radical (unpaired) electrons. The minimum Gasteiger partial charge on any atom is -0.267 e. The molecule has 0 unspecified atom stereocenters. The number of aromatic nitrogens is 2. The summed E-state index contributed by atoms with van der Waals surface area (Å²) >= 11 is 4.89. The predicted molar refractivity (Wildman–Crippen MR) is 90.4 cm³/mol. The molecule has 2 heterocycles. The number of benzene rings is 2. The van der Waals surface area contributed by atoms with Gasteiger partial charge in [-0.1, -0.05) is 34.1 Å². The van der Waals surface area contributed by atoms with Crippen LogP contribution in [0.15, 0.2) is 64.1 Å². The Kier molecular flexibility index (Phi) is 2.90. The van der Waals surface area contributed by atoms with Crippen LogP contribution in [0.25, 0.3) is 26.0 Å². The molecule has 0 bridgehead atoms. The summed E-state index contributed by atoms with van der Waals surface area (Å²) in [7, 11) is 0. The Bertz CT molecular complexity index is 1020. The van der Waals surface area contributed by atoms with Crippen molar-refractivity contribution < 1.29 is 0 Å². The van der Waals surface area contributed by atoms with E-state index in [0.717, 1.165) is 25.8 Å². The fourth-order valence-corrected chi connectivity index (χ4v) is 3.72. The van der Waals surface area contributed by atoms with Crippen molar-refractivity contribution >= 4 is 47.6 Å². The minimum atomic E-state index is -0.0245. The number of hydrogen-bond donors (Lipinski definition) is 0. The van der Waals surface area contributed by atoms with Crippen LogP contribution in [0.2, 0.25) is 0 Å². The molecular formula is C16H9BrN2OS. The van der Waals surface area contributed by atoms with Gasteiger partial charge in [0.15, 0.2) is 0 Å². The van der Waals surface area contributed by atoms with Gasteiger partial charge in [0.2, 0.25) is 0 Å². The van der Waals surface area contributed by atoms with Crippen molar-refractivity contribution in [1.82, 2.24) is 9.55 Å². The van der Waals surface area contributed by atoms with E-state index in [4.69, 9.17) is 0 Å². The van der Waals surface area contributed by atoms with Gasteiger partial charge in [0, 0.05) is 14.6 Å². The Morgan fingerprint density at radius 1 is 1.05 bits per heavy atom. The predicted octanol–water partition coefficient (Wildman–Crippen LogP) is 4.36. The molecule has 0 N–H and O–H groups in total. The van der Waals surface area contributed by atoms with Crippen LogP contribution in [0.4, 0.5) is 0 Å². The van der Waals surface area contributed by atoms with Gasteiger partial charge >= 0.3 is 0 Å². The van der Waals surface area contributed by atoms with E-state index in [-0.39, 0.29) is 5.56 Å². The van der Waals surface area contributed by atoms with E-state index < -0.39 is 0 Å². The molecule has 21 heavy (non-hydrogen) atoms. The number of halogens is 1. The number of hydrogen-bond acceptors (Lipinski definition) is 3. The lowest BCUT2D eigenvalue weighted by atomic mass is 10.2. The minimum absolute atomic E-state index is 0.0245. The Labute approximate surface area is 132 Å². The van der Waals surface area contributed by atoms with Crippen molar-refractivity contribution in [2.45, 2.75) is 0 Å². The topological polar surface area (TPSA) is 34.9 Å². The van der Waals surface area contributed by atoms with E-state index in [0.29, 0.717) is 4.70 Å². The van der Waals surface area contributed by atoms with Gasteiger partial charge in [0.05, 0.1) is 11.2 Å². The Morgan fingerprint density at radius 3 is 2.62 bits per heavy atom. The third kappa shape index (κ3) is 2.01. The van der Waals surface area contributed by atoms with E-state index in [9.17, 15) is 4.79 Å². The van der Waals surface area contributed by atoms with Crippen LogP contribution in [-0.2, 0) is 0 Å². The summed E-state index contributed by atoms with van der Waals surface area (Å²) in [4.78, 5) is 17.2. The molecule has 0 saturated carbocycles. The molecule has 0 fully saturated rings. The lowest BCUT2D eigenvalue weighted by Gasteiger charge is -2.04. The maximum atomic E-state index is 12.7. The number of rotatable bonds is 1. The van der Waals surface area contributed by atoms with E-state index >= 15 is 0 Å². The van der Waals surface area contributed by atoms with E-state index in [1.807, 2.05) is 48.5 Å². The van der Waals surface area contributed by atoms with Crippen LogP contribution in [0.1, 0.15) is 0 Å². The molecule has 0 spiro atoms. The Balaban J connectivity index is 2.04. The maximum absolute atomic E-state index is 12.7. The first-order valence-corrected chi connectivity index (χ1v) is 8.00. The molecule has 4 aromatic rings. The highest BCUT2D eigenvalue weighted by Crippen LogP contribution is 2.30. The third-order valence-corrected chi connectivity index (χ3v) is 5.07. The molecule has 0 aliphatic rings. The molecule has 102 valence electrons. The SMILES string of the molecule is O=c1c2sc3ccccc3c2ncn1-c1ccc(Br)cc1. The summed E-state index contributed by atoms with van der Waals surface area (Å²) in [6, 6.07) is 15.6. The fourth-order valence-electron chi connectivity index (χ4n) is 2.37. The van der Waals surface area contributed by atoms with Crippen LogP contribution < -0.4 is 5.56 Å². The first-order valence-electron chi connectivity index (χ1n) is 6.39. The van der Waals surface area contributed by atoms with Crippen molar-refractivity contribution in [2.75, 3.05) is 0 Å². The molecule has 0 aliphatic carbocycles. The zero-order valence-corrected chi connectivity index (χ0v) is 13.2. The van der Waals surface area contributed by atoms with Crippen LogP contribution in [-0.4, -0.2) is 9.55 Å². The quantitative estimate of drug-likeness (QED) is 0.507. The van der Waals surface area contributed by atoms with Gasteiger partial charge in [-0.3, -0.25) is 9.36 Å². The van der Waals surface area contributed by atoms with Gasteiger partial charge in [0.1, 0.15) is 11.0 Å². The number of thiophene rings is 1. The maximum Gasteiger partial charge on any atom is 0.275 e. The molecule has 2 aromatic heterocycles. The van der Waals surface area contributed by atoms with E-state index in [2.05, 4.69) is 20.9 Å². The number of fused-ring (bicyclic) bond motifs is 3. The highest BCUT2D eigenvalue weighted by atomic mass is 79.9. The zero-order valence-electron chi connectivity index (χ0n) is 10.8. The summed E-state index contributed by atoms with van der Waals surface area (Å²) in [5.41, 5.74) is 1.58. The largest absolute Gasteiger partial charge is 0.275 e. The Hall–Kier alpha value is -1.98. The molecular weight excluding hydrogens is 348 g/mol. The molecule has 0 amide bonds. The van der Waals surface area contributed by atoms with Crippen molar-refractivity contribution in [1.29, 1.82) is 0 Å². The smallest absolute Gasteiger partial charge is 0.267 e. The van der Waals surface area contributed by atoms with E-state index in [1.54, 1.807) is 10.9 Å². The normalized spacial score (nSPS) is 11.3. The second kappa shape index (κ2) is 4.79. The highest BCUT2D eigenvalue weighted by Gasteiger charge is 2.11. The summed E-state index contributed by atoms with van der Waals surface area (Å²) in [6.07, 6.45) is 1.60. The summed E-state index contributed by atoms with van der Waals surface area (Å²) in [5, 5.41) is 1.04. The van der Waals surface area contributed by atoms with Crippen molar-refractivity contribution in [3.05, 3.63) is 69.7 Å². The molecule has 0 aliphatic heterocycles. The first-order chi connectivity index (χ1) is 10.2. The van der Waals surface area contributed by atoms with Gasteiger partial charge in [0.25, 0.3) is 5.56 Å². The molecule has 2 aromatic carbocycles. The third-order valence-electron chi connectivity index (χ3n) is 3.39. The van der Waals surface area contributed by atoms with Gasteiger partial charge < -0.3 is 0 Å². The molecule has 4 rings (SSSR count). The average molecular weight is 357 g/mol. The van der Waals surface area contributed by atoms with Gasteiger partial charge in [-0.15, -0.1) is 11.3 Å². The second-order valence-electron chi connectivity index (χ2n) is 4.67. The summed E-state index contributed by atoms with van der Waals surface area (Å²) in [5.74, 6) is 0. The van der Waals surface area contributed by atoms with Gasteiger partial charge in [-0.25, -0.2) is 4.98 Å². The standard InChI is InChI=1S/C16H9BrN2OS/c17-10-5-7-11(8-6-10)19-9-18-14-12-3-1-2-4-13(12)21-15(14)16(19)20/h1-9H. The zero-order chi connectivity index (χ0) is 14.4. The van der Waals surface area contributed by atoms with Gasteiger partial charge in [-0.2, -0.15) is 0 Å². The van der Waals surface area contributed by atoms with Crippen LogP contribution in [0.3, 0.4) is 0 Å². The lowest BCUT2D eigenvalue weighted by molar-refractivity contribution is 0.967. The average Bonchev–Trinajstić information content (AvgIpc) is 2.89. The first kappa shape index (κ1) is 12.7. The summed E-state index contributed by atoms with van der Waals surface area (Å²) in [6.45, 7) is 0. The molecule has 0 atom stereocenters. The molecule has 3 nitrogen and oxygen atoms in total. The highest BCUT2D eigenvalue weighted by molar-refractivity contribution is 9.10. The fraction of sp³-hybridized carbons (Fsp3) is 0. The summed E-state index contributed by atoms with van der Waals surface area (Å²) < 4.78 is 4.35. The monoisotopic (exact) mass is 356 g/mol.